The molecular formula is C16H11F2NO2. The van der Waals surface area contributed by atoms with Crippen LogP contribution >= 0.6 is 0 Å². The normalized spacial score (nSPS) is 10.8. The number of fused-ring (bicyclic) bond motifs is 1. The number of aromatic nitrogens is 1. The van der Waals surface area contributed by atoms with Crippen molar-refractivity contribution in [2.75, 3.05) is 7.11 Å². The molecule has 1 N–H and O–H groups in total. The molecule has 0 spiro atoms. The van der Waals surface area contributed by atoms with Gasteiger partial charge in [-0.05, 0) is 42.5 Å². The summed E-state index contributed by atoms with van der Waals surface area (Å²) in [6, 6.07) is 10.5. The van der Waals surface area contributed by atoms with E-state index in [1.54, 1.807) is 24.3 Å². The van der Waals surface area contributed by atoms with Gasteiger partial charge in [0.05, 0.1) is 12.7 Å². The summed E-state index contributed by atoms with van der Waals surface area (Å²) in [6.45, 7) is 0. The van der Waals surface area contributed by atoms with E-state index in [0.717, 1.165) is 23.0 Å². The Balaban J connectivity index is 2.08. The van der Waals surface area contributed by atoms with Crippen LogP contribution in [-0.4, -0.2) is 18.1 Å². The Bertz CT molecular complexity index is 839. The molecule has 0 aliphatic carbocycles. The lowest BCUT2D eigenvalue weighted by Crippen LogP contribution is -2.00. The third-order valence-corrected chi connectivity index (χ3v) is 3.27. The first-order valence-corrected chi connectivity index (χ1v) is 6.25. The standard InChI is InChI=1S/C16H11F2NO2/c1-21-16(20)10-3-5-14-11(6-10)8-15(19-14)9-2-4-12(17)13(18)7-9/h2-8,19H,1H3. The van der Waals surface area contributed by atoms with Crippen molar-refractivity contribution in [3.05, 3.63) is 59.7 Å². The van der Waals surface area contributed by atoms with E-state index in [1.165, 1.54) is 13.2 Å². The van der Waals surface area contributed by atoms with Crippen molar-refractivity contribution < 1.29 is 18.3 Å². The van der Waals surface area contributed by atoms with Crippen LogP contribution < -0.4 is 0 Å². The molecule has 2 aromatic carbocycles. The van der Waals surface area contributed by atoms with Crippen LogP contribution in [0.1, 0.15) is 10.4 Å². The Morgan fingerprint density at radius 1 is 1.05 bits per heavy atom. The van der Waals surface area contributed by atoms with Crippen LogP contribution in [0.15, 0.2) is 42.5 Å². The number of hydrogen-bond acceptors (Lipinski definition) is 2. The van der Waals surface area contributed by atoms with Gasteiger partial charge in [-0.2, -0.15) is 0 Å². The smallest absolute Gasteiger partial charge is 0.337 e. The minimum absolute atomic E-state index is 0.424. The molecule has 0 saturated carbocycles. The van der Waals surface area contributed by atoms with Gasteiger partial charge in [-0.15, -0.1) is 0 Å². The Hall–Kier alpha value is -2.69. The van der Waals surface area contributed by atoms with Gasteiger partial charge in [0.25, 0.3) is 0 Å². The molecule has 0 bridgehead atoms. The number of nitrogens with one attached hydrogen (secondary N) is 1. The summed E-state index contributed by atoms with van der Waals surface area (Å²) in [4.78, 5) is 14.6. The van der Waals surface area contributed by atoms with Crippen LogP contribution in [0.3, 0.4) is 0 Å². The molecule has 0 aliphatic heterocycles. The van der Waals surface area contributed by atoms with Crippen molar-refractivity contribution in [2.45, 2.75) is 0 Å². The van der Waals surface area contributed by atoms with E-state index in [4.69, 9.17) is 0 Å². The first-order chi connectivity index (χ1) is 10.1. The van der Waals surface area contributed by atoms with Gasteiger partial charge in [0.15, 0.2) is 11.6 Å². The number of H-pyrrole nitrogens is 1. The summed E-state index contributed by atoms with van der Waals surface area (Å²) in [5.41, 5.74) is 2.40. The van der Waals surface area contributed by atoms with E-state index < -0.39 is 17.6 Å². The molecule has 0 amide bonds. The number of carbonyl (C=O) groups excluding carboxylic acids is 1. The fourth-order valence-electron chi connectivity index (χ4n) is 2.20. The molecule has 0 saturated heterocycles. The predicted octanol–water partition coefficient (Wildman–Crippen LogP) is 3.90. The lowest BCUT2D eigenvalue weighted by atomic mass is 10.1. The fourth-order valence-corrected chi connectivity index (χ4v) is 2.20. The third-order valence-electron chi connectivity index (χ3n) is 3.27. The maximum Gasteiger partial charge on any atom is 0.337 e. The second-order valence-electron chi connectivity index (χ2n) is 4.61. The molecule has 1 aromatic heterocycles. The topological polar surface area (TPSA) is 42.1 Å². The molecule has 0 aliphatic rings. The van der Waals surface area contributed by atoms with Gasteiger partial charge in [0, 0.05) is 22.2 Å². The molecule has 0 unspecified atom stereocenters. The van der Waals surface area contributed by atoms with E-state index in [2.05, 4.69) is 9.72 Å². The Labute approximate surface area is 119 Å². The summed E-state index contributed by atoms with van der Waals surface area (Å²) in [6.07, 6.45) is 0. The highest BCUT2D eigenvalue weighted by molar-refractivity contribution is 5.96. The average molecular weight is 287 g/mol. The highest BCUT2D eigenvalue weighted by Gasteiger charge is 2.10. The zero-order chi connectivity index (χ0) is 15.0. The molecule has 3 rings (SSSR count). The molecule has 0 radical (unpaired) electrons. The second kappa shape index (κ2) is 5.01. The quantitative estimate of drug-likeness (QED) is 0.726. The molecule has 106 valence electrons. The lowest BCUT2D eigenvalue weighted by Gasteiger charge is -1.98. The highest BCUT2D eigenvalue weighted by Crippen LogP contribution is 2.26. The molecule has 3 aromatic rings. The van der Waals surface area contributed by atoms with Crippen LogP contribution in [0.4, 0.5) is 8.78 Å². The summed E-state index contributed by atoms with van der Waals surface area (Å²) in [5.74, 6) is -2.21. The monoisotopic (exact) mass is 287 g/mol. The van der Waals surface area contributed by atoms with Crippen molar-refractivity contribution in [1.82, 2.24) is 4.98 Å². The minimum atomic E-state index is -0.901. The maximum absolute atomic E-state index is 13.3. The number of methoxy groups -OCH3 is 1. The van der Waals surface area contributed by atoms with Crippen molar-refractivity contribution in [1.29, 1.82) is 0 Å². The number of ether oxygens (including phenoxy) is 1. The van der Waals surface area contributed by atoms with Crippen LogP contribution in [0, 0.1) is 11.6 Å². The van der Waals surface area contributed by atoms with Crippen molar-refractivity contribution in [2.24, 2.45) is 0 Å². The molecule has 5 heteroatoms. The van der Waals surface area contributed by atoms with Crippen molar-refractivity contribution in [3.63, 3.8) is 0 Å². The molecule has 3 nitrogen and oxygen atoms in total. The van der Waals surface area contributed by atoms with Gasteiger partial charge in [-0.3, -0.25) is 0 Å². The molecule has 0 atom stereocenters. The number of carbonyl (C=O) groups is 1. The number of hydrogen-bond donors (Lipinski definition) is 1. The molecule has 21 heavy (non-hydrogen) atoms. The third kappa shape index (κ3) is 2.38. The zero-order valence-corrected chi connectivity index (χ0v) is 11.1. The Morgan fingerprint density at radius 2 is 1.86 bits per heavy atom. The molecular weight excluding hydrogens is 276 g/mol. The maximum atomic E-state index is 13.3. The van der Waals surface area contributed by atoms with Crippen molar-refractivity contribution in [3.8, 4) is 11.3 Å². The zero-order valence-electron chi connectivity index (χ0n) is 11.1. The summed E-state index contributed by atoms with van der Waals surface area (Å²) < 4.78 is 30.9. The van der Waals surface area contributed by atoms with Crippen LogP contribution in [-0.2, 0) is 4.74 Å². The molecule has 1 heterocycles. The van der Waals surface area contributed by atoms with Gasteiger partial charge in [0.2, 0.25) is 0 Å². The van der Waals surface area contributed by atoms with Crippen LogP contribution in [0.5, 0.6) is 0 Å². The van der Waals surface area contributed by atoms with Crippen molar-refractivity contribution >= 4 is 16.9 Å². The lowest BCUT2D eigenvalue weighted by molar-refractivity contribution is 0.0601. The highest BCUT2D eigenvalue weighted by atomic mass is 19.2. The second-order valence-corrected chi connectivity index (χ2v) is 4.61. The minimum Gasteiger partial charge on any atom is -0.465 e. The summed E-state index contributed by atoms with van der Waals surface area (Å²) in [5, 5.41) is 0.789. The molecule has 0 fully saturated rings. The number of benzene rings is 2. The van der Waals surface area contributed by atoms with Gasteiger partial charge in [-0.1, -0.05) is 0 Å². The average Bonchev–Trinajstić information content (AvgIpc) is 2.92. The Kier molecular flexibility index (Phi) is 3.17. The van der Waals surface area contributed by atoms with E-state index in [1.807, 2.05) is 0 Å². The van der Waals surface area contributed by atoms with E-state index in [9.17, 15) is 13.6 Å². The fraction of sp³-hybridized carbons (Fsp3) is 0.0625. The van der Waals surface area contributed by atoms with Gasteiger partial charge < -0.3 is 9.72 Å². The van der Waals surface area contributed by atoms with Gasteiger partial charge in [-0.25, -0.2) is 13.6 Å². The Morgan fingerprint density at radius 3 is 2.57 bits per heavy atom. The van der Waals surface area contributed by atoms with Crippen LogP contribution in [0.25, 0.3) is 22.2 Å². The summed E-state index contributed by atoms with van der Waals surface area (Å²) in [7, 11) is 1.32. The van der Waals surface area contributed by atoms with Gasteiger partial charge in [0.1, 0.15) is 0 Å². The SMILES string of the molecule is COC(=O)c1ccc2[nH]c(-c3ccc(F)c(F)c3)cc2c1. The van der Waals surface area contributed by atoms with E-state index in [0.29, 0.717) is 16.8 Å². The first kappa shape index (κ1) is 13.3. The number of esters is 1. The number of aromatic amines is 1. The largest absolute Gasteiger partial charge is 0.465 e. The van der Waals surface area contributed by atoms with E-state index in [-0.39, 0.29) is 0 Å². The predicted molar refractivity (Wildman–Crippen MR) is 75.0 cm³/mol. The van der Waals surface area contributed by atoms with Gasteiger partial charge >= 0.3 is 5.97 Å². The number of halogens is 2. The first-order valence-electron chi connectivity index (χ1n) is 6.25. The summed E-state index contributed by atoms with van der Waals surface area (Å²) >= 11 is 0. The number of rotatable bonds is 2. The van der Waals surface area contributed by atoms with Crippen LogP contribution in [0.2, 0.25) is 0 Å². The van der Waals surface area contributed by atoms with E-state index >= 15 is 0 Å².